The number of amides is 1. The fraction of sp³-hybridized carbons (Fsp3) is 0.348. The van der Waals surface area contributed by atoms with Crippen LogP contribution in [0.15, 0.2) is 63.3 Å². The van der Waals surface area contributed by atoms with E-state index in [9.17, 15) is 21.6 Å². The Balaban J connectivity index is 1.78. The quantitative estimate of drug-likeness (QED) is 0.506. The molecule has 1 saturated heterocycles. The molecule has 0 saturated carbocycles. The van der Waals surface area contributed by atoms with E-state index < -0.39 is 31.4 Å². The minimum Gasteiger partial charge on any atom is -0.497 e. The molecule has 35 heavy (non-hydrogen) atoms. The summed E-state index contributed by atoms with van der Waals surface area (Å²) in [5, 5.41) is 3.27. The van der Waals surface area contributed by atoms with E-state index in [0.29, 0.717) is 21.3 Å². The number of nitrogens with one attached hydrogen (secondary N) is 1. The van der Waals surface area contributed by atoms with Gasteiger partial charge in [0.15, 0.2) is 15.5 Å². The number of rotatable bonds is 8. The maximum Gasteiger partial charge on any atom is 0.258 e. The molecule has 0 spiro atoms. The molecule has 2 aromatic rings. The van der Waals surface area contributed by atoms with Gasteiger partial charge < -0.3 is 10.1 Å². The molecule has 1 aliphatic heterocycles. The van der Waals surface area contributed by atoms with Crippen LogP contribution < -0.4 is 10.1 Å². The summed E-state index contributed by atoms with van der Waals surface area (Å²) in [4.78, 5) is 12.4. The van der Waals surface area contributed by atoms with Gasteiger partial charge in [-0.05, 0) is 35.9 Å². The molecule has 3 rings (SSSR count). The number of carbonyl (C=O) groups excluding carboxylic acids is 1. The number of sulfone groups is 1. The molecule has 1 amide bonds. The molecule has 0 bridgehead atoms. The predicted molar refractivity (Wildman–Crippen MR) is 135 cm³/mol. The van der Waals surface area contributed by atoms with E-state index in [1.807, 2.05) is 0 Å². The summed E-state index contributed by atoms with van der Waals surface area (Å²) < 4.78 is 71.7. The molecule has 1 N–H and O–H groups in total. The summed E-state index contributed by atoms with van der Waals surface area (Å²) in [7, 11) is -5.83. The summed E-state index contributed by atoms with van der Waals surface area (Å²) in [6, 6.07) is 11.8. The van der Waals surface area contributed by atoms with Crippen molar-refractivity contribution in [2.24, 2.45) is 0 Å². The topological polar surface area (TPSA) is 110 Å². The smallest absolute Gasteiger partial charge is 0.258 e. The normalized spacial score (nSPS) is 16.8. The number of hydrogen-bond acceptors (Lipinski definition) is 6. The lowest BCUT2D eigenvalue weighted by Gasteiger charge is -2.35. The highest BCUT2D eigenvalue weighted by molar-refractivity contribution is 9.10. The second kappa shape index (κ2) is 10.8. The van der Waals surface area contributed by atoms with E-state index in [2.05, 4.69) is 21.2 Å². The standard InChI is InChI=1S/C23H26BrFN2O6S2/c1-33-19-6-3-5-17(15-19)20-16-18(24)7-8-21(20)35(31,32)27-12-9-23(25,10-13-27)22(28)26-11-4-14-34(2,29)30/h3-8,14-16H,9-13H2,1-2H3,(H,26,28)/b14-4+. The number of nitrogens with zero attached hydrogens (tertiary/aromatic N) is 1. The molecule has 0 radical (unpaired) electrons. The van der Waals surface area contributed by atoms with Gasteiger partial charge >= 0.3 is 0 Å². The monoisotopic (exact) mass is 588 g/mol. The van der Waals surface area contributed by atoms with Crippen LogP contribution >= 0.6 is 15.9 Å². The van der Waals surface area contributed by atoms with Crippen molar-refractivity contribution in [1.29, 1.82) is 0 Å². The van der Waals surface area contributed by atoms with Crippen molar-refractivity contribution in [2.45, 2.75) is 23.4 Å². The van der Waals surface area contributed by atoms with Gasteiger partial charge in [0, 0.05) is 54.2 Å². The maximum absolute atomic E-state index is 15.3. The van der Waals surface area contributed by atoms with Crippen LogP contribution in [-0.4, -0.2) is 65.7 Å². The van der Waals surface area contributed by atoms with Gasteiger partial charge in [-0.15, -0.1) is 0 Å². The largest absolute Gasteiger partial charge is 0.497 e. The van der Waals surface area contributed by atoms with Crippen LogP contribution in [-0.2, 0) is 24.7 Å². The number of piperidine rings is 1. The lowest BCUT2D eigenvalue weighted by molar-refractivity contribution is -0.135. The fourth-order valence-electron chi connectivity index (χ4n) is 3.72. The van der Waals surface area contributed by atoms with Crippen LogP contribution in [0.3, 0.4) is 0 Å². The van der Waals surface area contributed by atoms with Crippen LogP contribution in [0.4, 0.5) is 4.39 Å². The second-order valence-electron chi connectivity index (χ2n) is 8.15. The molecule has 8 nitrogen and oxygen atoms in total. The Morgan fingerprint density at radius 2 is 1.86 bits per heavy atom. The van der Waals surface area contributed by atoms with Crippen molar-refractivity contribution in [3.63, 3.8) is 0 Å². The van der Waals surface area contributed by atoms with E-state index in [4.69, 9.17) is 4.74 Å². The zero-order chi connectivity index (χ0) is 25.9. The SMILES string of the molecule is COc1cccc(-c2cc(Br)ccc2S(=O)(=O)N2CCC(F)(C(=O)NC/C=C/S(C)(=O)=O)CC2)c1. The molecule has 1 aliphatic rings. The van der Waals surface area contributed by atoms with Crippen LogP contribution in [0, 0.1) is 0 Å². The lowest BCUT2D eigenvalue weighted by Crippen LogP contribution is -2.52. The highest BCUT2D eigenvalue weighted by atomic mass is 79.9. The summed E-state index contributed by atoms with van der Waals surface area (Å²) >= 11 is 3.39. The molecular weight excluding hydrogens is 563 g/mol. The van der Waals surface area contributed by atoms with Crippen molar-refractivity contribution < 1.29 is 30.8 Å². The number of ether oxygens (including phenoxy) is 1. The lowest BCUT2D eigenvalue weighted by atomic mass is 9.93. The third-order valence-corrected chi connectivity index (χ3v) is 8.72. The van der Waals surface area contributed by atoms with Gasteiger partial charge in [-0.2, -0.15) is 4.31 Å². The molecule has 1 heterocycles. The van der Waals surface area contributed by atoms with E-state index in [-0.39, 0.29) is 37.4 Å². The molecular formula is C23H26BrFN2O6S2. The summed E-state index contributed by atoms with van der Waals surface area (Å²) in [6.45, 7) is -0.513. The highest BCUT2D eigenvalue weighted by Gasteiger charge is 2.44. The average molecular weight is 590 g/mol. The Morgan fingerprint density at radius 1 is 1.17 bits per heavy atom. The van der Waals surface area contributed by atoms with E-state index in [0.717, 1.165) is 11.7 Å². The third kappa shape index (κ3) is 6.69. The first-order valence-corrected chi connectivity index (χ1v) is 14.8. The Kier molecular flexibility index (Phi) is 8.40. The van der Waals surface area contributed by atoms with Crippen molar-refractivity contribution in [3.8, 4) is 16.9 Å². The Labute approximate surface area is 213 Å². The molecule has 0 unspecified atom stereocenters. The predicted octanol–water partition coefficient (Wildman–Crippen LogP) is 3.29. The molecule has 2 aromatic carbocycles. The van der Waals surface area contributed by atoms with Crippen molar-refractivity contribution in [2.75, 3.05) is 33.0 Å². The number of hydrogen-bond donors (Lipinski definition) is 1. The van der Waals surface area contributed by atoms with Crippen LogP contribution in [0.5, 0.6) is 5.75 Å². The molecule has 12 heteroatoms. The molecule has 0 aromatic heterocycles. The third-order valence-electron chi connectivity index (χ3n) is 5.59. The summed E-state index contributed by atoms with van der Waals surface area (Å²) in [6.07, 6.45) is 1.57. The van der Waals surface area contributed by atoms with Gasteiger partial charge in [0.25, 0.3) is 5.91 Å². The molecule has 0 aliphatic carbocycles. The summed E-state index contributed by atoms with van der Waals surface area (Å²) in [5.41, 5.74) is -1.14. The van der Waals surface area contributed by atoms with Gasteiger partial charge in [0.1, 0.15) is 5.75 Å². The first kappa shape index (κ1) is 27.3. The first-order chi connectivity index (χ1) is 16.4. The number of methoxy groups -OCH3 is 1. The van der Waals surface area contributed by atoms with Gasteiger partial charge in [0.2, 0.25) is 10.0 Å². The molecule has 0 atom stereocenters. The minimum atomic E-state index is -3.99. The Bertz CT molecular complexity index is 1340. The minimum absolute atomic E-state index is 0.0654. The van der Waals surface area contributed by atoms with Gasteiger partial charge in [0.05, 0.1) is 12.0 Å². The molecule has 1 fully saturated rings. The van der Waals surface area contributed by atoms with Gasteiger partial charge in [-0.1, -0.05) is 34.1 Å². The van der Waals surface area contributed by atoms with E-state index >= 15 is 4.39 Å². The number of carbonyl (C=O) groups is 1. The van der Waals surface area contributed by atoms with Gasteiger partial charge in [-0.3, -0.25) is 4.79 Å². The van der Waals surface area contributed by atoms with Crippen LogP contribution in [0.25, 0.3) is 11.1 Å². The van der Waals surface area contributed by atoms with Crippen LogP contribution in [0.2, 0.25) is 0 Å². The number of halogens is 2. The maximum atomic E-state index is 15.3. The fourth-order valence-corrected chi connectivity index (χ4v) is 6.17. The zero-order valence-corrected chi connectivity index (χ0v) is 22.4. The molecule has 190 valence electrons. The number of alkyl halides is 1. The van der Waals surface area contributed by atoms with E-state index in [1.54, 1.807) is 36.4 Å². The number of benzene rings is 2. The highest BCUT2D eigenvalue weighted by Crippen LogP contribution is 2.36. The first-order valence-electron chi connectivity index (χ1n) is 10.6. The average Bonchev–Trinajstić information content (AvgIpc) is 2.81. The van der Waals surface area contributed by atoms with Crippen molar-refractivity contribution in [3.05, 3.63) is 58.4 Å². The zero-order valence-electron chi connectivity index (χ0n) is 19.2. The Hall–Kier alpha value is -2.28. The van der Waals surface area contributed by atoms with Crippen molar-refractivity contribution >= 4 is 41.7 Å². The Morgan fingerprint density at radius 3 is 2.49 bits per heavy atom. The van der Waals surface area contributed by atoms with Gasteiger partial charge in [-0.25, -0.2) is 21.2 Å². The van der Waals surface area contributed by atoms with Crippen molar-refractivity contribution in [1.82, 2.24) is 9.62 Å². The second-order valence-corrected chi connectivity index (χ2v) is 12.9. The van der Waals surface area contributed by atoms with Crippen LogP contribution in [0.1, 0.15) is 12.8 Å². The number of sulfonamides is 1. The summed E-state index contributed by atoms with van der Waals surface area (Å²) in [5.74, 6) is -0.322. The van der Waals surface area contributed by atoms with E-state index in [1.165, 1.54) is 23.6 Å².